The monoisotopic (exact) mass is 241 g/mol. The van der Waals surface area contributed by atoms with Crippen LogP contribution in [0, 0.1) is 0 Å². The minimum Gasteiger partial charge on any atom is -0.395 e. The molecule has 2 rings (SSSR count). The molecule has 0 aliphatic heterocycles. The molecule has 0 bridgehead atoms. The zero-order valence-corrected chi connectivity index (χ0v) is 10.5. The largest absolute Gasteiger partial charge is 0.395 e. The molecule has 1 aromatic heterocycles. The van der Waals surface area contributed by atoms with Crippen molar-refractivity contribution in [2.75, 3.05) is 18.1 Å². The third kappa shape index (κ3) is 2.52. The molecule has 1 aromatic rings. The average Bonchev–Trinajstić information content (AvgIpc) is 2.97. The van der Waals surface area contributed by atoms with E-state index in [2.05, 4.69) is 21.2 Å². The van der Waals surface area contributed by atoms with Gasteiger partial charge in [0.1, 0.15) is 5.82 Å². The number of rotatable bonds is 5. The minimum absolute atomic E-state index is 0.192. The van der Waals surface area contributed by atoms with E-state index in [0.717, 1.165) is 17.4 Å². The van der Waals surface area contributed by atoms with Gasteiger partial charge >= 0.3 is 0 Å². The summed E-state index contributed by atoms with van der Waals surface area (Å²) in [6.07, 6.45) is 5.92. The van der Waals surface area contributed by atoms with Crippen molar-refractivity contribution in [2.45, 2.75) is 45.1 Å². The van der Waals surface area contributed by atoms with Crippen molar-refractivity contribution in [3.05, 3.63) is 5.82 Å². The van der Waals surface area contributed by atoms with Crippen molar-refractivity contribution in [3.63, 3.8) is 0 Å². The maximum atomic E-state index is 9.14. The number of aryl methyl sites for hydroxylation is 1. The van der Waals surface area contributed by atoms with Crippen LogP contribution in [0.3, 0.4) is 0 Å². The SMILES string of the molecule is CCc1nsc(N(CCO)C2CCCC2)n1. The maximum absolute atomic E-state index is 9.14. The Morgan fingerprint density at radius 1 is 1.44 bits per heavy atom. The summed E-state index contributed by atoms with van der Waals surface area (Å²) < 4.78 is 4.32. The van der Waals surface area contributed by atoms with E-state index in [1.165, 1.54) is 37.2 Å². The van der Waals surface area contributed by atoms with Gasteiger partial charge < -0.3 is 10.0 Å². The lowest BCUT2D eigenvalue weighted by molar-refractivity contribution is 0.297. The van der Waals surface area contributed by atoms with Gasteiger partial charge in [0.25, 0.3) is 0 Å². The van der Waals surface area contributed by atoms with E-state index in [-0.39, 0.29) is 6.61 Å². The average molecular weight is 241 g/mol. The van der Waals surface area contributed by atoms with Crippen LogP contribution < -0.4 is 4.90 Å². The molecule has 1 fully saturated rings. The Bertz CT molecular complexity index is 323. The molecule has 1 aliphatic rings. The van der Waals surface area contributed by atoms with Gasteiger partial charge in [-0.05, 0) is 12.8 Å². The standard InChI is InChI=1S/C11H19N3OS/c1-2-10-12-11(16-13-10)14(7-8-15)9-5-3-4-6-9/h9,15H,2-8H2,1H3. The predicted molar refractivity (Wildman–Crippen MR) is 66.0 cm³/mol. The molecule has 1 heterocycles. The Labute approximate surface area is 100 Å². The molecule has 1 saturated carbocycles. The highest BCUT2D eigenvalue weighted by atomic mass is 32.1. The molecule has 16 heavy (non-hydrogen) atoms. The highest BCUT2D eigenvalue weighted by Gasteiger charge is 2.24. The van der Waals surface area contributed by atoms with Crippen LogP contribution in [0.15, 0.2) is 0 Å². The third-order valence-corrected chi connectivity index (χ3v) is 3.92. The van der Waals surface area contributed by atoms with Crippen LogP contribution in [0.4, 0.5) is 5.13 Å². The molecule has 1 aliphatic carbocycles. The van der Waals surface area contributed by atoms with Gasteiger partial charge in [-0.2, -0.15) is 4.37 Å². The topological polar surface area (TPSA) is 49.2 Å². The molecule has 0 unspecified atom stereocenters. The van der Waals surface area contributed by atoms with E-state index >= 15 is 0 Å². The van der Waals surface area contributed by atoms with E-state index in [1.54, 1.807) is 0 Å². The molecule has 4 nitrogen and oxygen atoms in total. The van der Waals surface area contributed by atoms with Crippen LogP contribution in [0.1, 0.15) is 38.4 Å². The summed E-state index contributed by atoms with van der Waals surface area (Å²) in [6, 6.07) is 0.560. The van der Waals surface area contributed by atoms with Crippen LogP contribution in [0.2, 0.25) is 0 Å². The van der Waals surface area contributed by atoms with Crippen LogP contribution in [-0.2, 0) is 6.42 Å². The van der Waals surface area contributed by atoms with Crippen molar-refractivity contribution < 1.29 is 5.11 Å². The first-order valence-electron chi connectivity index (χ1n) is 6.05. The van der Waals surface area contributed by atoms with Gasteiger partial charge in [-0.1, -0.05) is 19.8 Å². The molecular formula is C11H19N3OS. The number of nitrogens with zero attached hydrogens (tertiary/aromatic N) is 3. The highest BCUT2D eigenvalue weighted by molar-refractivity contribution is 7.09. The van der Waals surface area contributed by atoms with Gasteiger partial charge in [-0.3, -0.25) is 0 Å². The number of anilines is 1. The number of hydrogen-bond acceptors (Lipinski definition) is 5. The fourth-order valence-electron chi connectivity index (χ4n) is 2.26. The van der Waals surface area contributed by atoms with Crippen molar-refractivity contribution in [3.8, 4) is 0 Å². The number of hydrogen-bond donors (Lipinski definition) is 1. The summed E-state index contributed by atoms with van der Waals surface area (Å²) in [7, 11) is 0. The molecule has 0 amide bonds. The van der Waals surface area contributed by atoms with Crippen molar-refractivity contribution >= 4 is 16.7 Å². The molecule has 1 N–H and O–H groups in total. The first-order chi connectivity index (χ1) is 7.85. The van der Waals surface area contributed by atoms with Gasteiger partial charge in [0, 0.05) is 30.5 Å². The van der Waals surface area contributed by atoms with Crippen LogP contribution in [0.25, 0.3) is 0 Å². The zero-order chi connectivity index (χ0) is 11.4. The Morgan fingerprint density at radius 2 is 2.19 bits per heavy atom. The first-order valence-corrected chi connectivity index (χ1v) is 6.82. The highest BCUT2D eigenvalue weighted by Crippen LogP contribution is 2.29. The molecule has 0 aromatic carbocycles. The summed E-state index contributed by atoms with van der Waals surface area (Å²) in [6.45, 7) is 2.94. The zero-order valence-electron chi connectivity index (χ0n) is 9.72. The molecule has 0 atom stereocenters. The number of aliphatic hydroxyl groups excluding tert-OH is 1. The van der Waals surface area contributed by atoms with Crippen LogP contribution >= 0.6 is 11.5 Å². The van der Waals surface area contributed by atoms with Crippen molar-refractivity contribution in [1.82, 2.24) is 9.36 Å². The van der Waals surface area contributed by atoms with Crippen LogP contribution in [0.5, 0.6) is 0 Å². The second-order valence-electron chi connectivity index (χ2n) is 4.20. The number of aliphatic hydroxyl groups is 1. The van der Waals surface area contributed by atoms with E-state index in [9.17, 15) is 0 Å². The molecule has 0 radical (unpaired) electrons. The van der Waals surface area contributed by atoms with Gasteiger partial charge in [0.05, 0.1) is 6.61 Å². The Hall–Kier alpha value is -0.680. The Morgan fingerprint density at radius 3 is 2.75 bits per heavy atom. The van der Waals surface area contributed by atoms with E-state index < -0.39 is 0 Å². The minimum atomic E-state index is 0.192. The van der Waals surface area contributed by atoms with Gasteiger partial charge in [0.15, 0.2) is 0 Å². The maximum Gasteiger partial charge on any atom is 0.205 e. The first kappa shape index (κ1) is 11.8. The van der Waals surface area contributed by atoms with Crippen molar-refractivity contribution in [2.24, 2.45) is 0 Å². The Balaban J connectivity index is 2.10. The lowest BCUT2D eigenvalue weighted by atomic mass is 10.2. The summed E-state index contributed by atoms with van der Waals surface area (Å²) in [5, 5.41) is 10.1. The summed E-state index contributed by atoms with van der Waals surface area (Å²) in [4.78, 5) is 6.75. The van der Waals surface area contributed by atoms with E-state index in [1.807, 2.05) is 0 Å². The van der Waals surface area contributed by atoms with Gasteiger partial charge in [-0.15, -0.1) is 0 Å². The summed E-state index contributed by atoms with van der Waals surface area (Å²) in [5.41, 5.74) is 0. The quantitative estimate of drug-likeness (QED) is 0.854. The fourth-order valence-corrected chi connectivity index (χ4v) is 3.11. The third-order valence-electron chi connectivity index (χ3n) is 3.13. The van der Waals surface area contributed by atoms with E-state index in [4.69, 9.17) is 5.11 Å². The predicted octanol–water partition coefficient (Wildman–Crippen LogP) is 1.84. The second-order valence-corrected chi connectivity index (χ2v) is 4.93. The van der Waals surface area contributed by atoms with Crippen LogP contribution in [-0.4, -0.2) is 33.7 Å². The normalized spacial score (nSPS) is 16.9. The van der Waals surface area contributed by atoms with Crippen molar-refractivity contribution in [1.29, 1.82) is 0 Å². The summed E-state index contributed by atoms with van der Waals surface area (Å²) in [5.74, 6) is 0.918. The molecule has 0 spiro atoms. The molecule has 5 heteroatoms. The molecule has 0 saturated heterocycles. The fraction of sp³-hybridized carbons (Fsp3) is 0.818. The molecular weight excluding hydrogens is 222 g/mol. The molecule has 90 valence electrons. The number of aromatic nitrogens is 2. The van der Waals surface area contributed by atoms with Gasteiger partial charge in [0.2, 0.25) is 5.13 Å². The second kappa shape index (κ2) is 5.59. The lowest BCUT2D eigenvalue weighted by Gasteiger charge is -2.27. The lowest BCUT2D eigenvalue weighted by Crippen LogP contribution is -2.35. The smallest absolute Gasteiger partial charge is 0.205 e. The summed E-state index contributed by atoms with van der Waals surface area (Å²) >= 11 is 1.46. The van der Waals surface area contributed by atoms with E-state index in [0.29, 0.717) is 12.6 Å². The Kier molecular flexibility index (Phi) is 4.12. The van der Waals surface area contributed by atoms with Gasteiger partial charge in [-0.25, -0.2) is 4.98 Å².